The van der Waals surface area contributed by atoms with Crippen molar-refractivity contribution in [1.29, 1.82) is 0 Å². The normalized spacial score (nSPS) is 20.6. The molecule has 0 unspecified atom stereocenters. The molecule has 8 heteroatoms. The Hall–Kier alpha value is -1.12. The lowest BCUT2D eigenvalue weighted by molar-refractivity contribution is -0.132. The number of thiazole rings is 1. The van der Waals surface area contributed by atoms with Gasteiger partial charge in [-0.25, -0.2) is 13.4 Å². The molecule has 0 aliphatic carbocycles. The average molecular weight is 399 g/mol. The molecule has 0 spiro atoms. The summed E-state index contributed by atoms with van der Waals surface area (Å²) in [7, 11) is -3.01. The zero-order chi connectivity index (χ0) is 18.0. The van der Waals surface area contributed by atoms with Crippen LogP contribution in [0.15, 0.2) is 28.6 Å². The second-order valence-corrected chi connectivity index (χ2v) is 10.8. The van der Waals surface area contributed by atoms with Gasteiger partial charge in [-0.15, -0.1) is 11.3 Å². The molecule has 1 aromatic heterocycles. The molecular formula is C17H22N2O3S3. The summed E-state index contributed by atoms with van der Waals surface area (Å²) in [5.74, 6) is 0.569. The van der Waals surface area contributed by atoms with Crippen molar-refractivity contribution in [2.45, 2.75) is 43.1 Å². The smallest absolute Gasteiger partial charge is 0.233 e. The molecule has 2 atom stereocenters. The van der Waals surface area contributed by atoms with Gasteiger partial charge < -0.3 is 4.90 Å². The summed E-state index contributed by atoms with van der Waals surface area (Å²) in [6.45, 7) is 4.01. The summed E-state index contributed by atoms with van der Waals surface area (Å²) in [4.78, 5) is 19.2. The quantitative estimate of drug-likeness (QED) is 0.699. The third-order valence-electron chi connectivity index (χ3n) is 4.55. The largest absolute Gasteiger partial charge is 0.335 e. The van der Waals surface area contributed by atoms with Crippen molar-refractivity contribution in [2.24, 2.45) is 0 Å². The highest BCUT2D eigenvalue weighted by Gasteiger charge is 2.36. The topological polar surface area (TPSA) is 67.3 Å². The molecule has 3 rings (SSSR count). The SMILES string of the molecule is CC[C@@H](C)N(C(=O)CSc1nc2ccccc2s1)[C@H]1CCS(=O)(=O)C1. The van der Waals surface area contributed by atoms with Gasteiger partial charge in [0.1, 0.15) is 0 Å². The van der Waals surface area contributed by atoms with Gasteiger partial charge in [0.05, 0.1) is 27.5 Å². The molecule has 0 radical (unpaired) electrons. The Labute approximate surface area is 156 Å². The van der Waals surface area contributed by atoms with Crippen molar-refractivity contribution in [3.8, 4) is 0 Å². The Morgan fingerprint density at radius 1 is 1.44 bits per heavy atom. The zero-order valence-electron chi connectivity index (χ0n) is 14.3. The number of thioether (sulfide) groups is 1. The van der Waals surface area contributed by atoms with Crippen molar-refractivity contribution in [2.75, 3.05) is 17.3 Å². The van der Waals surface area contributed by atoms with Gasteiger partial charge >= 0.3 is 0 Å². The number of para-hydroxylation sites is 1. The monoisotopic (exact) mass is 398 g/mol. The van der Waals surface area contributed by atoms with E-state index in [1.54, 1.807) is 16.2 Å². The maximum absolute atomic E-state index is 12.8. The van der Waals surface area contributed by atoms with Crippen LogP contribution in [0.5, 0.6) is 0 Å². The molecule has 1 fully saturated rings. The second kappa shape index (κ2) is 7.63. The van der Waals surface area contributed by atoms with E-state index in [-0.39, 0.29) is 29.5 Å². The minimum absolute atomic E-state index is 0.000654. The van der Waals surface area contributed by atoms with Crippen molar-refractivity contribution in [3.63, 3.8) is 0 Å². The summed E-state index contributed by atoms with van der Waals surface area (Å²) in [6.07, 6.45) is 1.36. The number of aromatic nitrogens is 1. The summed E-state index contributed by atoms with van der Waals surface area (Å²) in [5, 5.41) is 0. The molecule has 1 amide bonds. The predicted molar refractivity (Wildman–Crippen MR) is 104 cm³/mol. The first-order valence-electron chi connectivity index (χ1n) is 8.39. The number of sulfone groups is 1. The number of rotatable bonds is 6. The van der Waals surface area contributed by atoms with Crippen molar-refractivity contribution in [1.82, 2.24) is 9.88 Å². The Balaban J connectivity index is 1.69. The van der Waals surface area contributed by atoms with Crippen LogP contribution >= 0.6 is 23.1 Å². The first-order valence-corrected chi connectivity index (χ1v) is 12.0. The van der Waals surface area contributed by atoms with E-state index < -0.39 is 9.84 Å². The molecule has 25 heavy (non-hydrogen) atoms. The molecule has 0 saturated carbocycles. The first kappa shape index (κ1) is 18.7. The standard InChI is InChI=1S/C17H22N2O3S3/c1-3-12(2)19(13-8-9-25(21,22)11-13)16(20)10-23-17-18-14-6-4-5-7-15(14)24-17/h4-7,12-13H,3,8-11H2,1-2H3/t12-,13+/m1/s1. The lowest BCUT2D eigenvalue weighted by Crippen LogP contribution is -2.47. The van der Waals surface area contributed by atoms with Crippen molar-refractivity contribution in [3.05, 3.63) is 24.3 Å². The molecule has 136 valence electrons. The minimum Gasteiger partial charge on any atom is -0.335 e. The van der Waals surface area contributed by atoms with Crippen molar-refractivity contribution < 1.29 is 13.2 Å². The van der Waals surface area contributed by atoms with E-state index in [0.29, 0.717) is 12.2 Å². The Bertz CT molecular complexity index is 830. The zero-order valence-corrected chi connectivity index (χ0v) is 16.8. The molecule has 2 heterocycles. The number of hydrogen-bond acceptors (Lipinski definition) is 6. The van der Waals surface area contributed by atoms with E-state index in [1.807, 2.05) is 38.1 Å². The van der Waals surface area contributed by atoms with E-state index in [2.05, 4.69) is 4.98 Å². The first-order chi connectivity index (χ1) is 11.9. The fourth-order valence-electron chi connectivity index (χ4n) is 3.11. The Morgan fingerprint density at radius 2 is 2.20 bits per heavy atom. The van der Waals surface area contributed by atoms with Gasteiger partial charge in [-0.2, -0.15) is 0 Å². The average Bonchev–Trinajstić information content (AvgIpc) is 3.15. The minimum atomic E-state index is -3.01. The summed E-state index contributed by atoms with van der Waals surface area (Å²) < 4.78 is 25.6. The van der Waals surface area contributed by atoms with Gasteiger partial charge in [-0.3, -0.25) is 4.79 Å². The van der Waals surface area contributed by atoms with Gasteiger partial charge in [0.2, 0.25) is 5.91 Å². The maximum Gasteiger partial charge on any atom is 0.233 e. The molecular weight excluding hydrogens is 376 g/mol. The number of benzene rings is 1. The van der Waals surface area contributed by atoms with Crippen LogP contribution < -0.4 is 0 Å². The fraction of sp³-hybridized carbons (Fsp3) is 0.529. The number of amides is 1. The fourth-order valence-corrected chi connectivity index (χ4v) is 6.76. The predicted octanol–water partition coefficient (Wildman–Crippen LogP) is 3.20. The highest BCUT2D eigenvalue weighted by molar-refractivity contribution is 8.01. The molecule has 1 aliphatic heterocycles. The van der Waals surface area contributed by atoms with E-state index in [1.165, 1.54) is 11.8 Å². The van der Waals surface area contributed by atoms with Crippen LogP contribution in [-0.2, 0) is 14.6 Å². The number of carbonyl (C=O) groups excluding carboxylic acids is 1. The maximum atomic E-state index is 12.8. The number of hydrogen-bond donors (Lipinski definition) is 0. The summed E-state index contributed by atoms with van der Waals surface area (Å²) >= 11 is 3.02. The number of carbonyl (C=O) groups is 1. The van der Waals surface area contributed by atoms with Crippen LogP contribution in [0.3, 0.4) is 0 Å². The van der Waals surface area contributed by atoms with Crippen LogP contribution in [0.4, 0.5) is 0 Å². The van der Waals surface area contributed by atoms with E-state index >= 15 is 0 Å². The highest BCUT2D eigenvalue weighted by Crippen LogP contribution is 2.30. The van der Waals surface area contributed by atoms with E-state index in [9.17, 15) is 13.2 Å². The summed E-state index contributed by atoms with van der Waals surface area (Å²) in [6, 6.07) is 7.77. The van der Waals surface area contributed by atoms with E-state index in [0.717, 1.165) is 21.0 Å². The molecule has 1 aliphatic rings. The third-order valence-corrected chi connectivity index (χ3v) is 8.46. The molecule has 1 aromatic carbocycles. The van der Waals surface area contributed by atoms with E-state index in [4.69, 9.17) is 0 Å². The van der Waals surface area contributed by atoms with Crippen LogP contribution in [0.1, 0.15) is 26.7 Å². The number of nitrogens with zero attached hydrogens (tertiary/aromatic N) is 2. The van der Waals surface area contributed by atoms with Gasteiger partial charge in [-0.05, 0) is 31.9 Å². The van der Waals surface area contributed by atoms with Crippen LogP contribution in [-0.4, -0.2) is 53.6 Å². The number of fused-ring (bicyclic) bond motifs is 1. The third kappa shape index (κ3) is 4.35. The molecule has 0 bridgehead atoms. The second-order valence-electron chi connectivity index (χ2n) is 6.35. The van der Waals surface area contributed by atoms with Crippen LogP contribution in [0.2, 0.25) is 0 Å². The molecule has 0 N–H and O–H groups in total. The lowest BCUT2D eigenvalue weighted by Gasteiger charge is -2.33. The van der Waals surface area contributed by atoms with Crippen LogP contribution in [0.25, 0.3) is 10.2 Å². The van der Waals surface area contributed by atoms with Gasteiger partial charge in [0.15, 0.2) is 14.2 Å². The summed E-state index contributed by atoms with van der Waals surface area (Å²) in [5.41, 5.74) is 0.947. The van der Waals surface area contributed by atoms with Crippen LogP contribution in [0, 0.1) is 0 Å². The molecule has 5 nitrogen and oxygen atoms in total. The highest BCUT2D eigenvalue weighted by atomic mass is 32.2. The van der Waals surface area contributed by atoms with Gasteiger partial charge in [0.25, 0.3) is 0 Å². The van der Waals surface area contributed by atoms with Gasteiger partial charge in [-0.1, -0.05) is 30.8 Å². The molecule has 2 aromatic rings. The lowest BCUT2D eigenvalue weighted by atomic mass is 10.1. The van der Waals surface area contributed by atoms with Crippen molar-refractivity contribution >= 4 is 49.1 Å². The Kier molecular flexibility index (Phi) is 5.70. The molecule has 1 saturated heterocycles. The Morgan fingerprint density at radius 3 is 2.84 bits per heavy atom. The van der Waals surface area contributed by atoms with Gasteiger partial charge in [0, 0.05) is 12.1 Å².